The van der Waals surface area contributed by atoms with Gasteiger partial charge in [0.05, 0.1) is 27.7 Å². The number of hydrogen-bond donors (Lipinski definition) is 1. The van der Waals surface area contributed by atoms with Crippen molar-refractivity contribution in [2.24, 2.45) is 0 Å². The van der Waals surface area contributed by atoms with Crippen LogP contribution in [0.1, 0.15) is 28.1 Å². The highest BCUT2D eigenvalue weighted by Crippen LogP contribution is 2.27. The van der Waals surface area contributed by atoms with Gasteiger partial charge in [-0.1, -0.05) is 48.0 Å². The second-order valence-corrected chi connectivity index (χ2v) is 8.34. The first-order valence-electron chi connectivity index (χ1n) is 11.2. The predicted molar refractivity (Wildman–Crippen MR) is 134 cm³/mol. The Bertz CT molecular complexity index is 1360. The molecular formula is C27H26N4O4. The monoisotopic (exact) mass is 470 g/mol. The third-order valence-corrected chi connectivity index (χ3v) is 5.69. The van der Waals surface area contributed by atoms with Crippen LogP contribution in [0.2, 0.25) is 0 Å². The standard InChI is InChI=1S/C27H26N4O4/c1-18-9-11-23(12-10-18)30-20(3)27(19(2)29-30)28-26(32)17-35-25-14-13-24(31(33)34)16-22(25)15-21-7-5-4-6-8-21/h4-14,16H,15,17H2,1-3H3,(H,28,32). The number of aromatic nitrogens is 2. The average Bonchev–Trinajstić information content (AvgIpc) is 3.12. The van der Waals surface area contributed by atoms with Crippen LogP contribution in [0.25, 0.3) is 5.69 Å². The van der Waals surface area contributed by atoms with Gasteiger partial charge in [0.1, 0.15) is 5.75 Å². The van der Waals surface area contributed by atoms with Gasteiger partial charge in [0.15, 0.2) is 6.61 Å². The van der Waals surface area contributed by atoms with E-state index in [2.05, 4.69) is 10.4 Å². The largest absolute Gasteiger partial charge is 0.483 e. The number of non-ortho nitro benzene ring substituents is 1. The summed E-state index contributed by atoms with van der Waals surface area (Å²) in [6, 6.07) is 22.0. The minimum atomic E-state index is -0.442. The van der Waals surface area contributed by atoms with Gasteiger partial charge in [0.2, 0.25) is 0 Å². The first kappa shape index (κ1) is 23.7. The molecule has 178 valence electrons. The zero-order valence-corrected chi connectivity index (χ0v) is 19.8. The molecule has 0 fully saturated rings. The normalized spacial score (nSPS) is 10.7. The van der Waals surface area contributed by atoms with Crippen molar-refractivity contribution in [3.8, 4) is 11.4 Å². The molecule has 4 rings (SSSR count). The maximum absolute atomic E-state index is 12.7. The number of aryl methyl sites for hydroxylation is 2. The predicted octanol–water partition coefficient (Wildman–Crippen LogP) is 5.31. The Morgan fingerprint density at radius 1 is 1.03 bits per heavy atom. The molecule has 1 amide bonds. The minimum absolute atomic E-state index is 0.0255. The van der Waals surface area contributed by atoms with E-state index in [9.17, 15) is 14.9 Å². The highest BCUT2D eigenvalue weighted by Gasteiger charge is 2.17. The van der Waals surface area contributed by atoms with E-state index in [0.29, 0.717) is 29.1 Å². The molecule has 35 heavy (non-hydrogen) atoms. The Kier molecular flexibility index (Phi) is 6.91. The summed E-state index contributed by atoms with van der Waals surface area (Å²) in [5.41, 5.74) is 5.78. The molecule has 0 aliphatic heterocycles. The molecule has 0 radical (unpaired) electrons. The van der Waals surface area contributed by atoms with Crippen LogP contribution in [0.15, 0.2) is 72.8 Å². The van der Waals surface area contributed by atoms with Gasteiger partial charge >= 0.3 is 0 Å². The van der Waals surface area contributed by atoms with Crippen LogP contribution in [-0.4, -0.2) is 27.2 Å². The van der Waals surface area contributed by atoms with Crippen molar-refractivity contribution < 1.29 is 14.5 Å². The zero-order chi connectivity index (χ0) is 24.9. The maximum atomic E-state index is 12.7. The molecule has 8 nitrogen and oxygen atoms in total. The topological polar surface area (TPSA) is 99.3 Å². The number of ether oxygens (including phenoxy) is 1. The lowest BCUT2D eigenvalue weighted by Crippen LogP contribution is -2.21. The fourth-order valence-corrected chi connectivity index (χ4v) is 3.85. The Balaban J connectivity index is 1.49. The summed E-state index contributed by atoms with van der Waals surface area (Å²) in [4.78, 5) is 23.6. The highest BCUT2D eigenvalue weighted by molar-refractivity contribution is 5.93. The molecule has 4 aromatic rings. The molecule has 1 aromatic heterocycles. The molecule has 1 N–H and O–H groups in total. The van der Waals surface area contributed by atoms with E-state index in [1.54, 1.807) is 4.68 Å². The number of benzene rings is 3. The summed E-state index contributed by atoms with van der Waals surface area (Å²) in [5.74, 6) is 0.0852. The number of hydrogen-bond acceptors (Lipinski definition) is 5. The third-order valence-electron chi connectivity index (χ3n) is 5.69. The van der Waals surface area contributed by atoms with Gasteiger partial charge in [-0.25, -0.2) is 4.68 Å². The summed E-state index contributed by atoms with van der Waals surface area (Å²) in [7, 11) is 0. The number of anilines is 1. The van der Waals surface area contributed by atoms with Gasteiger partial charge in [-0.15, -0.1) is 0 Å². The molecule has 0 bridgehead atoms. The van der Waals surface area contributed by atoms with Crippen molar-refractivity contribution in [3.05, 3.63) is 111 Å². The van der Waals surface area contributed by atoms with Gasteiger partial charge < -0.3 is 10.1 Å². The number of nitrogens with zero attached hydrogens (tertiary/aromatic N) is 3. The SMILES string of the molecule is Cc1ccc(-n2nc(C)c(NC(=O)COc3ccc([N+](=O)[O-])cc3Cc3ccccc3)c2C)cc1. The van der Waals surface area contributed by atoms with E-state index >= 15 is 0 Å². The Labute approximate surface area is 203 Å². The molecule has 0 aliphatic rings. The minimum Gasteiger partial charge on any atom is -0.483 e. The molecule has 0 saturated heterocycles. The summed E-state index contributed by atoms with van der Waals surface area (Å²) in [6.07, 6.45) is 0.445. The van der Waals surface area contributed by atoms with E-state index in [1.165, 1.54) is 18.2 Å². The van der Waals surface area contributed by atoms with Crippen molar-refractivity contribution in [1.82, 2.24) is 9.78 Å². The molecular weight excluding hydrogens is 444 g/mol. The molecule has 3 aromatic carbocycles. The van der Waals surface area contributed by atoms with Gasteiger partial charge in [-0.2, -0.15) is 5.10 Å². The van der Waals surface area contributed by atoms with Crippen molar-refractivity contribution in [2.75, 3.05) is 11.9 Å². The lowest BCUT2D eigenvalue weighted by atomic mass is 10.0. The number of carbonyl (C=O) groups excluding carboxylic acids is 1. The van der Waals surface area contributed by atoms with Gasteiger partial charge in [0.25, 0.3) is 11.6 Å². The third kappa shape index (κ3) is 5.55. The van der Waals surface area contributed by atoms with Crippen molar-refractivity contribution >= 4 is 17.3 Å². The Morgan fingerprint density at radius 3 is 2.43 bits per heavy atom. The van der Waals surface area contributed by atoms with E-state index in [1.807, 2.05) is 75.4 Å². The van der Waals surface area contributed by atoms with E-state index in [0.717, 1.165) is 22.5 Å². The van der Waals surface area contributed by atoms with Crippen LogP contribution in [-0.2, 0) is 11.2 Å². The van der Waals surface area contributed by atoms with Gasteiger partial charge in [0, 0.05) is 24.1 Å². The van der Waals surface area contributed by atoms with Crippen LogP contribution in [0.5, 0.6) is 5.75 Å². The van der Waals surface area contributed by atoms with Crippen molar-refractivity contribution in [2.45, 2.75) is 27.2 Å². The van der Waals surface area contributed by atoms with Gasteiger partial charge in [-0.3, -0.25) is 14.9 Å². The lowest BCUT2D eigenvalue weighted by molar-refractivity contribution is -0.384. The number of nitro groups is 1. The molecule has 1 heterocycles. The Morgan fingerprint density at radius 2 is 1.74 bits per heavy atom. The summed E-state index contributed by atoms with van der Waals surface area (Å²) >= 11 is 0. The molecule has 0 unspecified atom stereocenters. The molecule has 0 saturated carbocycles. The fraction of sp³-hybridized carbons (Fsp3) is 0.185. The van der Waals surface area contributed by atoms with Crippen molar-refractivity contribution in [3.63, 3.8) is 0 Å². The fourth-order valence-electron chi connectivity index (χ4n) is 3.85. The van der Waals surface area contributed by atoms with Crippen LogP contribution in [0, 0.1) is 30.9 Å². The number of nitrogens with one attached hydrogen (secondary N) is 1. The molecule has 8 heteroatoms. The first-order valence-corrected chi connectivity index (χ1v) is 11.2. The van der Waals surface area contributed by atoms with Crippen LogP contribution in [0.3, 0.4) is 0 Å². The van der Waals surface area contributed by atoms with E-state index in [-0.39, 0.29) is 18.2 Å². The number of rotatable bonds is 8. The van der Waals surface area contributed by atoms with Crippen LogP contribution in [0.4, 0.5) is 11.4 Å². The van der Waals surface area contributed by atoms with Gasteiger partial charge in [-0.05, 0) is 44.5 Å². The van der Waals surface area contributed by atoms with Crippen LogP contribution < -0.4 is 10.1 Å². The number of nitro benzene ring substituents is 1. The Hall–Kier alpha value is -4.46. The maximum Gasteiger partial charge on any atom is 0.269 e. The first-order chi connectivity index (χ1) is 16.8. The van der Waals surface area contributed by atoms with Crippen molar-refractivity contribution in [1.29, 1.82) is 0 Å². The molecule has 0 aliphatic carbocycles. The summed E-state index contributed by atoms with van der Waals surface area (Å²) < 4.78 is 7.59. The second-order valence-electron chi connectivity index (χ2n) is 8.34. The second kappa shape index (κ2) is 10.2. The highest BCUT2D eigenvalue weighted by atomic mass is 16.6. The number of amides is 1. The quantitative estimate of drug-likeness (QED) is 0.278. The van der Waals surface area contributed by atoms with E-state index < -0.39 is 4.92 Å². The smallest absolute Gasteiger partial charge is 0.269 e. The summed E-state index contributed by atoms with van der Waals surface area (Å²) in [5, 5.41) is 18.7. The lowest BCUT2D eigenvalue weighted by Gasteiger charge is -2.12. The molecule has 0 spiro atoms. The number of carbonyl (C=O) groups is 1. The van der Waals surface area contributed by atoms with E-state index in [4.69, 9.17) is 4.74 Å². The van der Waals surface area contributed by atoms with Crippen LogP contribution >= 0.6 is 0 Å². The average molecular weight is 471 g/mol. The molecule has 0 atom stereocenters. The summed E-state index contributed by atoms with van der Waals surface area (Å²) in [6.45, 7) is 5.51. The zero-order valence-electron chi connectivity index (χ0n) is 19.8.